The average Bonchev–Trinajstić information content (AvgIpc) is 2.26. The van der Waals surface area contributed by atoms with Crippen LogP contribution in [0.4, 0.5) is 0 Å². The second-order valence-electron chi connectivity index (χ2n) is 3.20. The Bertz CT molecular complexity index is 329. The fourth-order valence-corrected chi connectivity index (χ4v) is 1.97. The molecule has 2 N–H and O–H groups in total. The summed E-state index contributed by atoms with van der Waals surface area (Å²) in [4.78, 5) is 9.56. The van der Waals surface area contributed by atoms with Gasteiger partial charge in [-0.2, -0.15) is 5.48 Å². The molecule has 5 heteroatoms. The van der Waals surface area contributed by atoms with Gasteiger partial charge in [-0.05, 0) is 18.6 Å². The largest absolute Gasteiger partial charge is 0.375 e. The van der Waals surface area contributed by atoms with E-state index >= 15 is 0 Å². The highest BCUT2D eigenvalue weighted by Crippen LogP contribution is 2.38. The summed E-state index contributed by atoms with van der Waals surface area (Å²) in [5.74, 6) is 0. The second kappa shape index (κ2) is 6.03. The highest BCUT2D eigenvalue weighted by Gasteiger charge is 2.22. The van der Waals surface area contributed by atoms with Crippen molar-refractivity contribution < 1.29 is 14.1 Å². The summed E-state index contributed by atoms with van der Waals surface area (Å²) in [6, 6.07) is 8.33. The number of unbranched alkanes of at least 4 members (excludes halogenated alkanes) is 1. The van der Waals surface area contributed by atoms with Crippen LogP contribution in [0.3, 0.4) is 0 Å². The van der Waals surface area contributed by atoms with Crippen molar-refractivity contribution >= 4 is 12.9 Å². The smallest absolute Gasteiger partial charge is 0.320 e. The van der Waals surface area contributed by atoms with Gasteiger partial charge in [-0.15, -0.1) is 0 Å². The summed E-state index contributed by atoms with van der Waals surface area (Å²) in [6.07, 6.45) is 1.92. The topological polar surface area (TPSA) is 58.6 Å². The van der Waals surface area contributed by atoms with Crippen LogP contribution >= 0.6 is 7.60 Å². The average molecular weight is 229 g/mol. The van der Waals surface area contributed by atoms with Gasteiger partial charge in [-0.1, -0.05) is 31.5 Å². The molecule has 1 aromatic rings. The lowest BCUT2D eigenvalue weighted by Gasteiger charge is -2.11. The van der Waals surface area contributed by atoms with Gasteiger partial charge in [0.15, 0.2) is 0 Å². The maximum Gasteiger partial charge on any atom is 0.375 e. The molecule has 0 amide bonds. The minimum Gasteiger partial charge on any atom is -0.320 e. The standard InChI is InChI=1S/C10H16NO3P/c1-2-3-9-11-14-15(12,13)10-7-5-4-6-8-10/h4-8,11H,2-3,9H2,1H3,(H,12,13). The van der Waals surface area contributed by atoms with Crippen molar-refractivity contribution in [1.82, 2.24) is 5.48 Å². The van der Waals surface area contributed by atoms with E-state index in [1.165, 1.54) is 0 Å². The molecule has 0 aliphatic heterocycles. The quantitative estimate of drug-likeness (QED) is 0.444. The molecule has 1 aromatic carbocycles. The van der Waals surface area contributed by atoms with E-state index < -0.39 is 7.60 Å². The van der Waals surface area contributed by atoms with Crippen LogP contribution in [0, 0.1) is 0 Å². The lowest BCUT2D eigenvalue weighted by atomic mass is 10.3. The van der Waals surface area contributed by atoms with E-state index in [0.717, 1.165) is 12.8 Å². The Morgan fingerprint density at radius 3 is 2.67 bits per heavy atom. The van der Waals surface area contributed by atoms with Crippen LogP contribution in [0.25, 0.3) is 0 Å². The fourth-order valence-electron chi connectivity index (χ4n) is 1.05. The number of hydroxylamine groups is 1. The molecule has 0 saturated carbocycles. The first-order valence-electron chi connectivity index (χ1n) is 4.96. The number of benzene rings is 1. The Kier molecular flexibility index (Phi) is 4.99. The summed E-state index contributed by atoms with van der Waals surface area (Å²) in [7, 11) is -3.70. The van der Waals surface area contributed by atoms with Crippen LogP contribution in [0.2, 0.25) is 0 Å². The van der Waals surface area contributed by atoms with E-state index in [0.29, 0.717) is 11.8 Å². The van der Waals surface area contributed by atoms with Crippen LogP contribution in [-0.4, -0.2) is 11.4 Å². The third-order valence-corrected chi connectivity index (χ3v) is 3.23. The second-order valence-corrected chi connectivity index (χ2v) is 4.93. The SMILES string of the molecule is CCCCNOP(=O)(O)c1ccccc1. The Morgan fingerprint density at radius 1 is 1.40 bits per heavy atom. The fraction of sp³-hybridized carbons (Fsp3) is 0.400. The summed E-state index contributed by atoms with van der Waals surface area (Å²) >= 11 is 0. The predicted octanol–water partition coefficient (Wildman–Crippen LogP) is 1.82. The van der Waals surface area contributed by atoms with Gasteiger partial charge in [0.1, 0.15) is 0 Å². The molecule has 1 rings (SSSR count). The molecule has 0 heterocycles. The van der Waals surface area contributed by atoms with E-state index in [-0.39, 0.29) is 0 Å². The first-order valence-corrected chi connectivity index (χ1v) is 6.54. The van der Waals surface area contributed by atoms with Crippen molar-refractivity contribution in [3.63, 3.8) is 0 Å². The number of hydrogen-bond acceptors (Lipinski definition) is 3. The summed E-state index contributed by atoms with van der Waals surface area (Å²) in [5, 5.41) is 0.300. The molecule has 0 aliphatic carbocycles. The Hall–Kier alpha value is -0.670. The predicted molar refractivity (Wildman–Crippen MR) is 59.9 cm³/mol. The Balaban J connectivity index is 2.49. The third-order valence-electron chi connectivity index (χ3n) is 1.90. The Morgan fingerprint density at radius 2 is 2.07 bits per heavy atom. The van der Waals surface area contributed by atoms with Crippen LogP contribution in [0.5, 0.6) is 0 Å². The zero-order valence-corrected chi connectivity index (χ0v) is 9.61. The van der Waals surface area contributed by atoms with E-state index in [9.17, 15) is 9.46 Å². The monoisotopic (exact) mass is 229 g/mol. The molecule has 0 aromatic heterocycles. The molecular formula is C10H16NO3P. The molecule has 0 fully saturated rings. The van der Waals surface area contributed by atoms with Gasteiger partial charge in [0, 0.05) is 6.54 Å². The van der Waals surface area contributed by atoms with Gasteiger partial charge in [0.25, 0.3) is 0 Å². The van der Waals surface area contributed by atoms with Gasteiger partial charge in [-0.25, -0.2) is 4.62 Å². The van der Waals surface area contributed by atoms with Crippen molar-refractivity contribution in [2.75, 3.05) is 6.54 Å². The molecule has 0 saturated heterocycles. The zero-order valence-electron chi connectivity index (χ0n) is 8.72. The minimum absolute atomic E-state index is 0.300. The van der Waals surface area contributed by atoms with Gasteiger partial charge in [0.05, 0.1) is 5.30 Å². The first kappa shape index (κ1) is 12.4. The van der Waals surface area contributed by atoms with E-state index in [2.05, 4.69) is 5.48 Å². The number of rotatable bonds is 6. The molecule has 1 atom stereocenters. The van der Waals surface area contributed by atoms with Crippen LogP contribution < -0.4 is 10.8 Å². The van der Waals surface area contributed by atoms with E-state index in [4.69, 9.17) is 4.62 Å². The Labute approximate surface area is 89.8 Å². The van der Waals surface area contributed by atoms with Crippen molar-refractivity contribution in [3.8, 4) is 0 Å². The number of nitrogens with one attached hydrogen (secondary N) is 1. The van der Waals surface area contributed by atoms with E-state index in [1.54, 1.807) is 30.3 Å². The molecule has 0 spiro atoms. The number of hydrogen-bond donors (Lipinski definition) is 2. The maximum absolute atomic E-state index is 11.6. The highest BCUT2D eigenvalue weighted by atomic mass is 31.2. The minimum atomic E-state index is -3.70. The van der Waals surface area contributed by atoms with Crippen molar-refractivity contribution in [2.45, 2.75) is 19.8 Å². The molecule has 1 unspecified atom stereocenters. The molecule has 4 nitrogen and oxygen atoms in total. The molecular weight excluding hydrogens is 213 g/mol. The summed E-state index contributed by atoms with van der Waals surface area (Å²) in [6.45, 7) is 2.62. The lowest BCUT2D eigenvalue weighted by Crippen LogP contribution is -2.18. The normalized spacial score (nSPS) is 14.8. The third kappa shape index (κ3) is 4.14. The van der Waals surface area contributed by atoms with Crippen molar-refractivity contribution in [1.29, 1.82) is 0 Å². The van der Waals surface area contributed by atoms with Gasteiger partial charge >= 0.3 is 7.60 Å². The van der Waals surface area contributed by atoms with Crippen LogP contribution in [0.1, 0.15) is 19.8 Å². The maximum atomic E-state index is 11.6. The molecule has 0 aliphatic rings. The van der Waals surface area contributed by atoms with Crippen molar-refractivity contribution in [3.05, 3.63) is 30.3 Å². The molecule has 0 radical (unpaired) electrons. The van der Waals surface area contributed by atoms with Crippen molar-refractivity contribution in [2.24, 2.45) is 0 Å². The molecule has 84 valence electrons. The summed E-state index contributed by atoms with van der Waals surface area (Å²) in [5.41, 5.74) is 2.51. The zero-order chi connectivity index (χ0) is 11.1. The van der Waals surface area contributed by atoms with Crippen LogP contribution in [0.15, 0.2) is 30.3 Å². The van der Waals surface area contributed by atoms with Crippen LogP contribution in [-0.2, 0) is 9.19 Å². The molecule has 0 bridgehead atoms. The first-order chi connectivity index (χ1) is 7.17. The van der Waals surface area contributed by atoms with Gasteiger partial charge in [0.2, 0.25) is 0 Å². The van der Waals surface area contributed by atoms with E-state index in [1.807, 2.05) is 6.92 Å². The highest BCUT2D eigenvalue weighted by molar-refractivity contribution is 7.61. The summed E-state index contributed by atoms with van der Waals surface area (Å²) < 4.78 is 16.4. The lowest BCUT2D eigenvalue weighted by molar-refractivity contribution is 0.171. The molecule has 15 heavy (non-hydrogen) atoms. The van der Waals surface area contributed by atoms with Gasteiger partial charge in [-0.3, -0.25) is 4.57 Å². The van der Waals surface area contributed by atoms with Gasteiger partial charge < -0.3 is 4.89 Å².